The van der Waals surface area contributed by atoms with Gasteiger partial charge in [0.2, 0.25) is 5.91 Å². The van der Waals surface area contributed by atoms with Crippen LogP contribution in [0.25, 0.3) is 6.08 Å². The molecule has 0 saturated heterocycles. The highest BCUT2D eigenvalue weighted by Crippen LogP contribution is 2.21. The predicted octanol–water partition coefficient (Wildman–Crippen LogP) is 4.89. The number of hydrogen-bond donors (Lipinski definition) is 3. The maximum atomic E-state index is 13.9. The van der Waals surface area contributed by atoms with Crippen LogP contribution in [-0.2, 0) is 34.1 Å². The lowest BCUT2D eigenvalue weighted by Crippen LogP contribution is -2.55. The van der Waals surface area contributed by atoms with Gasteiger partial charge in [0.15, 0.2) is 0 Å². The zero-order valence-corrected chi connectivity index (χ0v) is 23.9. The van der Waals surface area contributed by atoms with Crippen LogP contribution < -0.4 is 16.2 Å². The standard InChI is InChI=1S/C30H30ClF2N5O5/c1-20(39)38(35-15-23-8-5-9-27(33)28(23)31)26(16-34-30(41)42-18-21-6-3-2-4-7-21)19-43-36-29(40)37-13-12-22-14-25(32)11-10-24(22)17-37/h2-14,26,35H,15-19H2,1H3,(H,34,41)(H,36,40)/t26-/m0/s1. The number of hydroxylamine groups is 1. The number of rotatable bonds is 11. The number of amides is 4. The summed E-state index contributed by atoms with van der Waals surface area (Å²) in [5.41, 5.74) is 7.82. The third kappa shape index (κ3) is 8.98. The Hall–Kier alpha value is -4.52. The molecular weight excluding hydrogens is 584 g/mol. The number of urea groups is 1. The minimum Gasteiger partial charge on any atom is -0.445 e. The number of ether oxygens (including phenoxy) is 1. The predicted molar refractivity (Wildman–Crippen MR) is 155 cm³/mol. The van der Waals surface area contributed by atoms with Crippen LogP contribution in [0.15, 0.2) is 72.9 Å². The van der Waals surface area contributed by atoms with E-state index in [1.807, 2.05) is 18.2 Å². The van der Waals surface area contributed by atoms with Gasteiger partial charge in [-0.25, -0.2) is 29.3 Å². The molecule has 226 valence electrons. The Morgan fingerprint density at radius 3 is 2.63 bits per heavy atom. The number of halogens is 3. The molecule has 43 heavy (non-hydrogen) atoms. The second kappa shape index (κ2) is 15.1. The monoisotopic (exact) mass is 613 g/mol. The molecule has 0 bridgehead atoms. The summed E-state index contributed by atoms with van der Waals surface area (Å²) in [7, 11) is 0. The highest BCUT2D eigenvalue weighted by Gasteiger charge is 2.25. The fourth-order valence-electron chi connectivity index (χ4n) is 4.22. The van der Waals surface area contributed by atoms with E-state index in [0.717, 1.165) is 11.1 Å². The Morgan fingerprint density at radius 1 is 1.07 bits per heavy atom. The summed E-state index contributed by atoms with van der Waals surface area (Å²) in [6.45, 7) is 1.11. The maximum absolute atomic E-state index is 13.9. The summed E-state index contributed by atoms with van der Waals surface area (Å²) in [4.78, 5) is 44.6. The Bertz CT molecular complexity index is 1480. The SMILES string of the molecule is CC(=O)N(NCc1cccc(F)c1Cl)[C@@H](CNC(=O)OCc1ccccc1)CONC(=O)N1C=Cc2cc(F)ccc2C1. The molecule has 3 aromatic carbocycles. The molecular formula is C30H30ClF2N5O5. The van der Waals surface area contributed by atoms with Gasteiger partial charge in [-0.15, -0.1) is 0 Å². The summed E-state index contributed by atoms with van der Waals surface area (Å²) in [6, 6.07) is 16.2. The number of hydrogen-bond acceptors (Lipinski definition) is 6. The van der Waals surface area contributed by atoms with Crippen molar-refractivity contribution in [1.82, 2.24) is 26.1 Å². The van der Waals surface area contributed by atoms with E-state index in [9.17, 15) is 23.2 Å². The molecule has 0 spiro atoms. The summed E-state index contributed by atoms with van der Waals surface area (Å²) in [5, 5.41) is 3.69. The van der Waals surface area contributed by atoms with Crippen LogP contribution in [0.3, 0.4) is 0 Å². The molecule has 3 N–H and O–H groups in total. The fraction of sp³-hybridized carbons (Fsp3) is 0.233. The van der Waals surface area contributed by atoms with Crippen molar-refractivity contribution in [3.05, 3.63) is 112 Å². The van der Waals surface area contributed by atoms with E-state index >= 15 is 0 Å². The molecule has 0 saturated carbocycles. The minimum absolute atomic E-state index is 0.0178. The molecule has 13 heteroatoms. The van der Waals surface area contributed by atoms with Crippen molar-refractivity contribution in [3.8, 4) is 0 Å². The molecule has 1 aliphatic rings. The summed E-state index contributed by atoms with van der Waals surface area (Å²) in [5.74, 6) is -1.44. The van der Waals surface area contributed by atoms with E-state index in [0.29, 0.717) is 11.1 Å². The Morgan fingerprint density at radius 2 is 1.86 bits per heavy atom. The summed E-state index contributed by atoms with van der Waals surface area (Å²) >= 11 is 6.06. The van der Waals surface area contributed by atoms with Crippen LogP contribution in [0.4, 0.5) is 18.4 Å². The second-order valence-corrected chi connectivity index (χ2v) is 9.92. The number of nitrogens with zero attached hydrogens (tertiary/aromatic N) is 2. The van der Waals surface area contributed by atoms with Gasteiger partial charge < -0.3 is 10.1 Å². The Labute approximate surface area is 252 Å². The molecule has 10 nitrogen and oxygen atoms in total. The van der Waals surface area contributed by atoms with Gasteiger partial charge in [0.25, 0.3) is 0 Å². The molecule has 4 amide bonds. The van der Waals surface area contributed by atoms with Crippen LogP contribution in [0.5, 0.6) is 0 Å². The van der Waals surface area contributed by atoms with Gasteiger partial charge in [-0.1, -0.05) is 60.1 Å². The van der Waals surface area contributed by atoms with Crippen LogP contribution in [0, 0.1) is 11.6 Å². The second-order valence-electron chi connectivity index (χ2n) is 9.54. The molecule has 0 radical (unpaired) electrons. The number of hydrazine groups is 1. The zero-order valence-electron chi connectivity index (χ0n) is 23.2. The van der Waals surface area contributed by atoms with Gasteiger partial charge >= 0.3 is 12.1 Å². The van der Waals surface area contributed by atoms with Gasteiger partial charge in [-0.3, -0.25) is 19.5 Å². The van der Waals surface area contributed by atoms with Gasteiger partial charge in [0.1, 0.15) is 18.2 Å². The fourth-order valence-corrected chi connectivity index (χ4v) is 4.41. The van der Waals surface area contributed by atoms with Crippen LogP contribution in [0.2, 0.25) is 5.02 Å². The van der Waals surface area contributed by atoms with Crippen LogP contribution in [0.1, 0.15) is 29.2 Å². The van der Waals surface area contributed by atoms with Crippen molar-refractivity contribution < 1.29 is 32.7 Å². The van der Waals surface area contributed by atoms with Gasteiger partial charge in [-0.05, 0) is 46.5 Å². The smallest absolute Gasteiger partial charge is 0.407 e. The molecule has 1 atom stereocenters. The lowest BCUT2D eigenvalue weighted by Gasteiger charge is -2.31. The van der Waals surface area contributed by atoms with E-state index in [-0.39, 0.29) is 43.7 Å². The summed E-state index contributed by atoms with van der Waals surface area (Å²) in [6.07, 6.45) is 2.37. The molecule has 3 aromatic rings. The average Bonchev–Trinajstić information content (AvgIpc) is 3.00. The van der Waals surface area contributed by atoms with Gasteiger partial charge in [-0.2, -0.15) is 0 Å². The first-order valence-corrected chi connectivity index (χ1v) is 13.6. The average molecular weight is 614 g/mol. The highest BCUT2D eigenvalue weighted by molar-refractivity contribution is 6.31. The molecule has 0 aromatic heterocycles. The maximum Gasteiger partial charge on any atom is 0.407 e. The van der Waals surface area contributed by atoms with Crippen molar-refractivity contribution in [3.63, 3.8) is 0 Å². The largest absolute Gasteiger partial charge is 0.445 e. The molecule has 1 aliphatic heterocycles. The topological polar surface area (TPSA) is 112 Å². The first-order chi connectivity index (χ1) is 20.7. The molecule has 0 unspecified atom stereocenters. The number of nitrogens with one attached hydrogen (secondary N) is 3. The number of alkyl carbamates (subject to hydrolysis) is 1. The first-order valence-electron chi connectivity index (χ1n) is 13.3. The first kappa shape index (κ1) is 31.4. The van der Waals surface area contributed by atoms with E-state index in [4.69, 9.17) is 21.2 Å². The third-order valence-corrected chi connectivity index (χ3v) is 6.87. The molecule has 4 rings (SSSR count). The van der Waals surface area contributed by atoms with Crippen LogP contribution in [-0.4, -0.2) is 47.1 Å². The van der Waals surface area contributed by atoms with E-state index < -0.39 is 29.9 Å². The summed E-state index contributed by atoms with van der Waals surface area (Å²) < 4.78 is 32.7. The minimum atomic E-state index is -0.852. The number of carbonyl (C=O) groups excluding carboxylic acids is 3. The Kier molecular flexibility index (Phi) is 11.0. The molecule has 1 heterocycles. The third-order valence-electron chi connectivity index (χ3n) is 6.45. The van der Waals surface area contributed by atoms with Crippen molar-refractivity contribution in [2.45, 2.75) is 32.7 Å². The van der Waals surface area contributed by atoms with E-state index in [2.05, 4.69) is 16.2 Å². The van der Waals surface area contributed by atoms with Crippen LogP contribution >= 0.6 is 11.6 Å². The van der Waals surface area contributed by atoms with Gasteiger partial charge in [0.05, 0.1) is 24.2 Å². The number of fused-ring (bicyclic) bond motifs is 1. The van der Waals surface area contributed by atoms with Crippen molar-refractivity contribution in [2.24, 2.45) is 0 Å². The molecule has 0 fully saturated rings. The van der Waals surface area contributed by atoms with Crippen molar-refractivity contribution in [1.29, 1.82) is 0 Å². The van der Waals surface area contributed by atoms with E-state index in [1.165, 1.54) is 47.3 Å². The van der Waals surface area contributed by atoms with Crippen molar-refractivity contribution >= 4 is 35.7 Å². The Balaban J connectivity index is 1.38. The highest BCUT2D eigenvalue weighted by atomic mass is 35.5. The lowest BCUT2D eigenvalue weighted by atomic mass is 10.0. The van der Waals surface area contributed by atoms with E-state index in [1.54, 1.807) is 30.3 Å². The lowest BCUT2D eigenvalue weighted by molar-refractivity contribution is -0.137. The number of benzene rings is 3. The molecule has 0 aliphatic carbocycles. The quantitative estimate of drug-likeness (QED) is 0.266. The number of carbonyl (C=O) groups is 3. The van der Waals surface area contributed by atoms with Gasteiger partial charge in [0, 0.05) is 26.2 Å². The zero-order chi connectivity index (χ0) is 30.8. The van der Waals surface area contributed by atoms with Crippen molar-refractivity contribution in [2.75, 3.05) is 13.2 Å². The normalized spacial score (nSPS) is 12.7.